The highest BCUT2D eigenvalue weighted by molar-refractivity contribution is 9.09. The molecule has 0 amide bonds. The summed E-state index contributed by atoms with van der Waals surface area (Å²) in [6.07, 6.45) is 1.98. The highest BCUT2D eigenvalue weighted by atomic mass is 79.9. The number of halogens is 1. The Labute approximate surface area is 136 Å². The first-order chi connectivity index (χ1) is 9.39. The Bertz CT molecular complexity index is 367. The summed E-state index contributed by atoms with van der Waals surface area (Å²) in [6.45, 7) is 10.8. The van der Waals surface area contributed by atoms with Crippen LogP contribution in [0.15, 0.2) is 0 Å². The van der Waals surface area contributed by atoms with Gasteiger partial charge in [0.05, 0.1) is 0 Å². The molecule has 0 unspecified atom stereocenters. The maximum Gasteiger partial charge on any atom is 0.324 e. The Morgan fingerprint density at radius 2 is 1.38 bits per heavy atom. The van der Waals surface area contributed by atoms with E-state index < -0.39 is 28.6 Å². The first-order valence-electron chi connectivity index (χ1n) is 7.42. The van der Waals surface area contributed by atoms with E-state index in [2.05, 4.69) is 15.9 Å². The molecule has 122 valence electrons. The summed E-state index contributed by atoms with van der Waals surface area (Å²) in [6, 6.07) is 0. The maximum atomic E-state index is 12.5. The van der Waals surface area contributed by atoms with Crippen LogP contribution in [0.1, 0.15) is 60.8 Å². The van der Waals surface area contributed by atoms with Crippen LogP contribution >= 0.6 is 15.9 Å². The predicted molar refractivity (Wildman–Crippen MR) is 85.3 cm³/mol. The molecule has 0 aromatic rings. The summed E-state index contributed by atoms with van der Waals surface area (Å²) >= 11 is 3.40. The smallest absolute Gasteiger partial charge is 0.324 e. The molecule has 1 saturated carbocycles. The fourth-order valence-electron chi connectivity index (χ4n) is 2.45. The quantitative estimate of drug-likeness (QED) is 0.433. The van der Waals surface area contributed by atoms with Gasteiger partial charge in [0.2, 0.25) is 0 Å². The van der Waals surface area contributed by atoms with Crippen molar-refractivity contribution < 1.29 is 19.1 Å². The molecule has 0 N–H and O–H groups in total. The lowest BCUT2D eigenvalue weighted by atomic mass is 9.61. The zero-order valence-electron chi connectivity index (χ0n) is 13.9. The summed E-state index contributed by atoms with van der Waals surface area (Å²) < 4.78 is 10.9. The first kappa shape index (κ1) is 18.5. The molecule has 0 atom stereocenters. The van der Waals surface area contributed by atoms with Crippen LogP contribution in [-0.4, -0.2) is 28.5 Å². The second-order valence-electron chi connectivity index (χ2n) is 7.84. The SMILES string of the molecule is CC(C)(C)OC(=O)C1(C(=O)OC(C)(C)C)CC(CCBr)C1. The molecule has 1 aliphatic carbocycles. The van der Waals surface area contributed by atoms with Gasteiger partial charge in [-0.1, -0.05) is 15.9 Å². The van der Waals surface area contributed by atoms with E-state index in [4.69, 9.17) is 9.47 Å². The van der Waals surface area contributed by atoms with Crippen LogP contribution in [0.2, 0.25) is 0 Å². The monoisotopic (exact) mass is 362 g/mol. The minimum Gasteiger partial charge on any atom is -0.459 e. The minimum absolute atomic E-state index is 0.365. The summed E-state index contributed by atoms with van der Waals surface area (Å²) in [5, 5.41) is 0.871. The highest BCUT2D eigenvalue weighted by Crippen LogP contribution is 2.50. The topological polar surface area (TPSA) is 52.6 Å². The molecule has 1 aliphatic rings. The zero-order chi connectivity index (χ0) is 16.5. The second kappa shape index (κ2) is 6.27. The summed E-state index contributed by atoms with van der Waals surface area (Å²) in [5.74, 6) is -0.533. The average molecular weight is 363 g/mol. The van der Waals surface area contributed by atoms with Crippen LogP contribution in [0.25, 0.3) is 0 Å². The van der Waals surface area contributed by atoms with E-state index in [9.17, 15) is 9.59 Å². The van der Waals surface area contributed by atoms with Crippen molar-refractivity contribution in [3.63, 3.8) is 0 Å². The van der Waals surface area contributed by atoms with Gasteiger partial charge in [0, 0.05) is 5.33 Å². The number of alkyl halides is 1. The molecule has 21 heavy (non-hydrogen) atoms. The lowest BCUT2D eigenvalue weighted by Gasteiger charge is -2.45. The third-order valence-corrected chi connectivity index (χ3v) is 3.83. The Morgan fingerprint density at radius 1 is 1.00 bits per heavy atom. The van der Waals surface area contributed by atoms with Gasteiger partial charge in [-0.3, -0.25) is 9.59 Å². The van der Waals surface area contributed by atoms with Gasteiger partial charge < -0.3 is 9.47 Å². The molecule has 5 heteroatoms. The molecule has 0 bridgehead atoms. The molecule has 0 radical (unpaired) electrons. The van der Waals surface area contributed by atoms with Crippen LogP contribution in [0.3, 0.4) is 0 Å². The number of rotatable bonds is 4. The Hall–Kier alpha value is -0.580. The molecule has 0 aromatic carbocycles. The van der Waals surface area contributed by atoms with Gasteiger partial charge in [0.1, 0.15) is 11.2 Å². The van der Waals surface area contributed by atoms with Crippen molar-refractivity contribution in [2.75, 3.05) is 5.33 Å². The average Bonchev–Trinajstić information content (AvgIpc) is 2.16. The molecular formula is C16H27BrO4. The van der Waals surface area contributed by atoms with Gasteiger partial charge in [-0.15, -0.1) is 0 Å². The first-order valence-corrected chi connectivity index (χ1v) is 8.55. The van der Waals surface area contributed by atoms with E-state index in [-0.39, 0.29) is 0 Å². The van der Waals surface area contributed by atoms with Crippen molar-refractivity contribution in [2.45, 2.75) is 72.0 Å². The molecule has 0 spiro atoms. The largest absolute Gasteiger partial charge is 0.459 e. The number of carbonyl (C=O) groups is 2. The van der Waals surface area contributed by atoms with Crippen LogP contribution < -0.4 is 0 Å². The van der Waals surface area contributed by atoms with Crippen LogP contribution in [0.4, 0.5) is 0 Å². The molecule has 0 aromatic heterocycles. The molecule has 4 nitrogen and oxygen atoms in total. The van der Waals surface area contributed by atoms with Crippen molar-refractivity contribution >= 4 is 27.9 Å². The van der Waals surface area contributed by atoms with Gasteiger partial charge in [-0.05, 0) is 66.7 Å². The number of hydrogen-bond donors (Lipinski definition) is 0. The predicted octanol–water partition coefficient (Wildman–Crippen LogP) is 3.85. The third-order valence-electron chi connectivity index (χ3n) is 3.37. The third kappa shape index (κ3) is 4.97. The van der Waals surface area contributed by atoms with E-state index >= 15 is 0 Å². The van der Waals surface area contributed by atoms with E-state index in [1.807, 2.05) is 41.5 Å². The molecular weight excluding hydrogens is 336 g/mol. The fourth-order valence-corrected chi connectivity index (χ4v) is 3.10. The van der Waals surface area contributed by atoms with Gasteiger partial charge in [-0.2, -0.15) is 0 Å². The summed E-state index contributed by atoms with van der Waals surface area (Å²) in [5.41, 5.74) is -2.33. The second-order valence-corrected chi connectivity index (χ2v) is 8.63. The molecule has 0 aliphatic heterocycles. The maximum absolute atomic E-state index is 12.5. The Balaban J connectivity index is 2.88. The standard InChI is InChI=1S/C16H27BrO4/c1-14(2,3)20-12(18)16(9-11(10-16)7-8-17)13(19)21-15(4,5)6/h11H,7-10H2,1-6H3. The van der Waals surface area contributed by atoms with E-state index in [1.165, 1.54) is 0 Å². The molecule has 0 heterocycles. The van der Waals surface area contributed by atoms with Gasteiger partial charge in [0.15, 0.2) is 5.41 Å². The number of hydrogen-bond acceptors (Lipinski definition) is 4. The van der Waals surface area contributed by atoms with E-state index in [0.717, 1.165) is 11.8 Å². The Kier molecular flexibility index (Phi) is 5.51. The number of ether oxygens (including phenoxy) is 2. The van der Waals surface area contributed by atoms with Crippen LogP contribution in [0, 0.1) is 11.3 Å². The molecule has 0 saturated heterocycles. The van der Waals surface area contributed by atoms with Crippen molar-refractivity contribution in [1.29, 1.82) is 0 Å². The summed E-state index contributed by atoms with van der Waals surface area (Å²) in [4.78, 5) is 25.0. The minimum atomic E-state index is -1.12. The highest BCUT2D eigenvalue weighted by Gasteiger charge is 2.59. The molecule has 1 fully saturated rings. The lowest BCUT2D eigenvalue weighted by molar-refractivity contribution is -0.196. The number of esters is 2. The molecule has 1 rings (SSSR count). The Morgan fingerprint density at radius 3 is 1.67 bits per heavy atom. The fraction of sp³-hybridized carbons (Fsp3) is 0.875. The normalized spacial score (nSPS) is 18.8. The van der Waals surface area contributed by atoms with Crippen LogP contribution in [-0.2, 0) is 19.1 Å². The van der Waals surface area contributed by atoms with E-state index in [1.54, 1.807) is 0 Å². The van der Waals surface area contributed by atoms with Gasteiger partial charge in [-0.25, -0.2) is 0 Å². The van der Waals surface area contributed by atoms with Crippen molar-refractivity contribution in [3.05, 3.63) is 0 Å². The van der Waals surface area contributed by atoms with Crippen molar-refractivity contribution in [3.8, 4) is 0 Å². The number of carbonyl (C=O) groups excluding carboxylic acids is 2. The van der Waals surface area contributed by atoms with E-state index in [0.29, 0.717) is 18.8 Å². The summed E-state index contributed by atoms with van der Waals surface area (Å²) in [7, 11) is 0. The van der Waals surface area contributed by atoms with Gasteiger partial charge in [0.25, 0.3) is 0 Å². The van der Waals surface area contributed by atoms with Crippen molar-refractivity contribution in [2.24, 2.45) is 11.3 Å². The lowest BCUT2D eigenvalue weighted by Crippen LogP contribution is -2.54. The zero-order valence-corrected chi connectivity index (χ0v) is 15.5. The van der Waals surface area contributed by atoms with Crippen LogP contribution in [0.5, 0.6) is 0 Å². The van der Waals surface area contributed by atoms with Gasteiger partial charge >= 0.3 is 11.9 Å². The van der Waals surface area contributed by atoms with Crippen molar-refractivity contribution in [1.82, 2.24) is 0 Å².